The lowest BCUT2D eigenvalue weighted by Crippen LogP contribution is -2.40. The lowest BCUT2D eigenvalue weighted by molar-refractivity contribution is 0.102. The van der Waals surface area contributed by atoms with Crippen molar-refractivity contribution in [3.05, 3.63) is 72.3 Å². The van der Waals surface area contributed by atoms with Gasteiger partial charge in [0.25, 0.3) is 5.91 Å². The van der Waals surface area contributed by atoms with E-state index in [0.717, 1.165) is 36.9 Å². The van der Waals surface area contributed by atoms with Crippen molar-refractivity contribution in [2.24, 2.45) is 0 Å². The van der Waals surface area contributed by atoms with Gasteiger partial charge in [0.15, 0.2) is 17.2 Å². The lowest BCUT2D eigenvalue weighted by atomic mass is 9.92. The third kappa shape index (κ3) is 6.12. The summed E-state index contributed by atoms with van der Waals surface area (Å²) in [5, 5.41) is 14.0. The minimum atomic E-state index is -3.75. The van der Waals surface area contributed by atoms with Crippen LogP contribution in [0.5, 0.6) is 0 Å². The molecule has 0 atom stereocenters. The zero-order valence-electron chi connectivity index (χ0n) is 21.8. The number of nitrogens with one attached hydrogen (secondary N) is 4. The first-order valence-corrected chi connectivity index (χ1v) is 14.8. The van der Waals surface area contributed by atoms with E-state index in [1.54, 1.807) is 0 Å². The molecule has 1 aromatic carbocycles. The first-order valence-electron chi connectivity index (χ1n) is 13.4. The smallest absolute Gasteiger partial charge is 0.276 e. The van der Waals surface area contributed by atoms with Crippen LogP contribution >= 0.6 is 0 Å². The standard InChI is InChI=1S/C27H28F2N8O3S/c28-16-1-9-20(10-2-16)41(39,40)36-19-7-5-18(6-8-19)33-25-13-23(32-17-3-4-17)26-31-15-24(37(26)35-25)27(38)34-22-11-12-30-14-21(22)29/h1-2,9-15,17-19,32,36H,3-8H2,(H,33,35)(H,30,34,38)/t18-,19-. The average molecular weight is 583 g/mol. The van der Waals surface area contributed by atoms with E-state index in [-0.39, 0.29) is 28.4 Å². The van der Waals surface area contributed by atoms with Crippen LogP contribution in [0.25, 0.3) is 5.65 Å². The lowest BCUT2D eigenvalue weighted by Gasteiger charge is -2.30. The van der Waals surface area contributed by atoms with E-state index in [1.165, 1.54) is 35.1 Å². The first kappa shape index (κ1) is 27.0. The number of halogens is 2. The number of amides is 1. The van der Waals surface area contributed by atoms with Crippen molar-refractivity contribution in [2.45, 2.75) is 61.5 Å². The fraction of sp³-hybridized carbons (Fsp3) is 0.333. The Kier molecular flexibility index (Phi) is 7.26. The van der Waals surface area contributed by atoms with E-state index in [2.05, 4.69) is 35.7 Å². The third-order valence-electron chi connectivity index (χ3n) is 7.18. The number of carbonyl (C=O) groups is 1. The molecule has 1 amide bonds. The molecule has 2 fully saturated rings. The highest BCUT2D eigenvalue weighted by molar-refractivity contribution is 7.89. The maximum absolute atomic E-state index is 14.1. The van der Waals surface area contributed by atoms with Gasteiger partial charge in [-0.1, -0.05) is 0 Å². The summed E-state index contributed by atoms with van der Waals surface area (Å²) in [5.74, 6) is -1.20. The molecule has 0 saturated heterocycles. The minimum absolute atomic E-state index is 0.00244. The zero-order chi connectivity index (χ0) is 28.6. The molecule has 0 spiro atoms. The van der Waals surface area contributed by atoms with Crippen molar-refractivity contribution in [3.8, 4) is 0 Å². The molecule has 0 radical (unpaired) electrons. The molecule has 11 nitrogen and oxygen atoms in total. The number of anilines is 3. The van der Waals surface area contributed by atoms with Gasteiger partial charge in [-0.2, -0.15) is 0 Å². The third-order valence-corrected chi connectivity index (χ3v) is 8.72. The molecular formula is C27H28F2N8O3S. The van der Waals surface area contributed by atoms with E-state index < -0.39 is 27.6 Å². The Labute approximate surface area is 234 Å². The molecular weight excluding hydrogens is 554 g/mol. The van der Waals surface area contributed by atoms with Crippen LogP contribution in [-0.4, -0.2) is 52.0 Å². The van der Waals surface area contributed by atoms with Crippen LogP contribution < -0.4 is 20.7 Å². The molecule has 3 aromatic heterocycles. The SMILES string of the molecule is O=C(Nc1ccncc1F)c1cnc2c(NC3CC3)cc(N[C@H]3CC[C@H](NS(=O)(=O)c4ccc(F)cc4)CC3)nn12. The van der Waals surface area contributed by atoms with Gasteiger partial charge in [-0.25, -0.2) is 31.4 Å². The Morgan fingerprint density at radius 1 is 0.878 bits per heavy atom. The Morgan fingerprint density at radius 2 is 1.56 bits per heavy atom. The van der Waals surface area contributed by atoms with Crippen LogP contribution in [0.4, 0.5) is 26.0 Å². The second-order valence-electron chi connectivity index (χ2n) is 10.3. The summed E-state index contributed by atoms with van der Waals surface area (Å²) in [7, 11) is -3.75. The van der Waals surface area contributed by atoms with Crippen molar-refractivity contribution in [3.63, 3.8) is 0 Å². The number of rotatable bonds is 9. The summed E-state index contributed by atoms with van der Waals surface area (Å²) in [4.78, 5) is 21.2. The number of fused-ring (bicyclic) bond motifs is 1. The highest BCUT2D eigenvalue weighted by atomic mass is 32.2. The minimum Gasteiger partial charge on any atom is -0.379 e. The van der Waals surface area contributed by atoms with Gasteiger partial charge in [0.1, 0.15) is 11.6 Å². The monoisotopic (exact) mass is 582 g/mol. The van der Waals surface area contributed by atoms with Gasteiger partial charge in [-0.15, -0.1) is 5.10 Å². The van der Waals surface area contributed by atoms with Crippen LogP contribution in [0, 0.1) is 11.6 Å². The topological polar surface area (TPSA) is 142 Å². The molecule has 0 unspecified atom stereocenters. The maximum atomic E-state index is 14.1. The molecule has 3 heterocycles. The number of hydrogen-bond donors (Lipinski definition) is 4. The molecule has 2 saturated carbocycles. The largest absolute Gasteiger partial charge is 0.379 e. The molecule has 0 aliphatic heterocycles. The van der Waals surface area contributed by atoms with Crippen LogP contribution in [0.1, 0.15) is 49.0 Å². The van der Waals surface area contributed by atoms with E-state index in [1.807, 2.05) is 6.07 Å². The molecule has 214 valence electrons. The normalized spacial score (nSPS) is 19.2. The molecule has 41 heavy (non-hydrogen) atoms. The molecule has 14 heteroatoms. The number of nitrogens with zero attached hydrogens (tertiary/aromatic N) is 4. The second kappa shape index (κ2) is 11.0. The summed E-state index contributed by atoms with van der Waals surface area (Å²) in [6.07, 6.45) is 8.43. The number of sulfonamides is 1. The molecule has 2 aliphatic rings. The van der Waals surface area contributed by atoms with E-state index in [0.29, 0.717) is 43.2 Å². The molecule has 0 bridgehead atoms. The van der Waals surface area contributed by atoms with E-state index in [4.69, 9.17) is 0 Å². The van der Waals surface area contributed by atoms with Gasteiger partial charge in [0.05, 0.1) is 28.7 Å². The maximum Gasteiger partial charge on any atom is 0.276 e. The van der Waals surface area contributed by atoms with Crippen LogP contribution in [0.15, 0.2) is 59.9 Å². The Bertz CT molecular complexity index is 1680. The first-order chi connectivity index (χ1) is 19.7. The molecule has 2 aliphatic carbocycles. The summed E-state index contributed by atoms with van der Waals surface area (Å²) < 4.78 is 56.9. The Hall–Kier alpha value is -4.17. The van der Waals surface area contributed by atoms with Crippen molar-refractivity contribution >= 4 is 38.8 Å². The van der Waals surface area contributed by atoms with Crippen LogP contribution in [-0.2, 0) is 10.0 Å². The molecule has 4 N–H and O–H groups in total. The van der Waals surface area contributed by atoms with Gasteiger partial charge in [-0.05, 0) is 68.9 Å². The van der Waals surface area contributed by atoms with Crippen molar-refractivity contribution in [1.82, 2.24) is 24.3 Å². The second-order valence-corrected chi connectivity index (χ2v) is 12.0. The predicted octanol–water partition coefficient (Wildman–Crippen LogP) is 3.93. The summed E-state index contributed by atoms with van der Waals surface area (Å²) in [6, 6.07) is 8.06. The van der Waals surface area contributed by atoms with Gasteiger partial charge < -0.3 is 16.0 Å². The molecule has 6 rings (SSSR count). The fourth-order valence-corrected chi connectivity index (χ4v) is 6.18. The van der Waals surface area contributed by atoms with Gasteiger partial charge in [0, 0.05) is 30.4 Å². The van der Waals surface area contributed by atoms with Crippen molar-refractivity contribution in [2.75, 3.05) is 16.0 Å². The van der Waals surface area contributed by atoms with Gasteiger partial charge in [0.2, 0.25) is 10.0 Å². The van der Waals surface area contributed by atoms with E-state index in [9.17, 15) is 22.0 Å². The van der Waals surface area contributed by atoms with Crippen LogP contribution in [0.3, 0.4) is 0 Å². The van der Waals surface area contributed by atoms with Gasteiger partial charge in [-0.3, -0.25) is 9.78 Å². The fourth-order valence-electron chi connectivity index (χ4n) is 4.88. The number of pyridine rings is 1. The number of imidazole rings is 1. The Morgan fingerprint density at radius 3 is 2.27 bits per heavy atom. The Balaban J connectivity index is 1.16. The van der Waals surface area contributed by atoms with Crippen molar-refractivity contribution < 1.29 is 22.0 Å². The number of aromatic nitrogens is 4. The van der Waals surface area contributed by atoms with E-state index >= 15 is 0 Å². The van der Waals surface area contributed by atoms with Crippen molar-refractivity contribution in [1.29, 1.82) is 0 Å². The summed E-state index contributed by atoms with van der Waals surface area (Å²) >= 11 is 0. The predicted molar refractivity (Wildman–Crippen MR) is 148 cm³/mol. The number of benzene rings is 1. The zero-order valence-corrected chi connectivity index (χ0v) is 22.7. The average Bonchev–Trinajstić information content (AvgIpc) is 3.66. The summed E-state index contributed by atoms with van der Waals surface area (Å²) in [5.41, 5.74) is 1.33. The highest BCUT2D eigenvalue weighted by Gasteiger charge is 2.28. The summed E-state index contributed by atoms with van der Waals surface area (Å²) in [6.45, 7) is 0. The molecule has 4 aromatic rings. The van der Waals surface area contributed by atoms with Crippen LogP contribution in [0.2, 0.25) is 0 Å². The number of carbonyl (C=O) groups excluding carboxylic acids is 1. The van der Waals surface area contributed by atoms with Gasteiger partial charge >= 0.3 is 0 Å². The highest BCUT2D eigenvalue weighted by Crippen LogP contribution is 2.30. The quantitative estimate of drug-likeness (QED) is 0.233. The number of hydrogen-bond acceptors (Lipinski definition) is 8.